The van der Waals surface area contributed by atoms with Crippen LogP contribution in [0.3, 0.4) is 0 Å². The average Bonchev–Trinajstić information content (AvgIpc) is 2.78. The van der Waals surface area contributed by atoms with Gasteiger partial charge in [-0.15, -0.1) is 0 Å². The molecule has 1 heterocycles. The Hall–Kier alpha value is -1.06. The van der Waals surface area contributed by atoms with Gasteiger partial charge in [-0.1, -0.05) is 40.0 Å². The molecule has 0 bridgehead atoms. The lowest BCUT2D eigenvalue weighted by molar-refractivity contribution is -0.135. The number of amides is 2. The Kier molecular flexibility index (Phi) is 5.06. The smallest absolute Gasteiger partial charge is 0.245 e. The summed E-state index contributed by atoms with van der Waals surface area (Å²) in [6, 6.07) is -0.327. The highest BCUT2D eigenvalue weighted by Crippen LogP contribution is 2.32. The summed E-state index contributed by atoms with van der Waals surface area (Å²) in [4.78, 5) is 26.5. The topological polar surface area (TPSA) is 49.4 Å². The zero-order chi connectivity index (χ0) is 14.7. The summed E-state index contributed by atoms with van der Waals surface area (Å²) in [5.74, 6) is 1.67. The van der Waals surface area contributed by atoms with Crippen molar-refractivity contribution in [3.8, 4) is 0 Å². The van der Waals surface area contributed by atoms with E-state index in [1.807, 2.05) is 11.8 Å². The van der Waals surface area contributed by atoms with Crippen molar-refractivity contribution in [2.45, 2.75) is 58.9 Å². The van der Waals surface area contributed by atoms with Gasteiger partial charge in [-0.2, -0.15) is 0 Å². The minimum Gasteiger partial charge on any atom is -0.344 e. The molecule has 0 spiro atoms. The minimum absolute atomic E-state index is 0.0191. The van der Waals surface area contributed by atoms with E-state index in [0.717, 1.165) is 13.0 Å². The largest absolute Gasteiger partial charge is 0.344 e. The third-order valence-electron chi connectivity index (χ3n) is 5.21. The van der Waals surface area contributed by atoms with Crippen molar-refractivity contribution in [3.63, 3.8) is 0 Å². The summed E-state index contributed by atoms with van der Waals surface area (Å²) < 4.78 is 0. The molecule has 0 radical (unpaired) electrons. The van der Waals surface area contributed by atoms with Crippen molar-refractivity contribution in [2.75, 3.05) is 13.1 Å². The number of rotatable bonds is 4. The molecular formula is C16H28N2O2. The molecule has 1 N–H and O–H groups in total. The SMILES string of the molecule is CCC(C)C1NC(=O)CCN(CC2CCCC2C)C1=O. The molecule has 4 heteroatoms. The molecule has 1 aliphatic carbocycles. The van der Waals surface area contributed by atoms with E-state index in [9.17, 15) is 9.59 Å². The van der Waals surface area contributed by atoms with Crippen molar-refractivity contribution < 1.29 is 9.59 Å². The van der Waals surface area contributed by atoms with Crippen LogP contribution in [-0.2, 0) is 9.59 Å². The molecule has 0 aromatic rings. The molecule has 1 saturated heterocycles. The van der Waals surface area contributed by atoms with Crippen LogP contribution in [0.1, 0.15) is 52.9 Å². The van der Waals surface area contributed by atoms with Gasteiger partial charge in [0.1, 0.15) is 6.04 Å². The van der Waals surface area contributed by atoms with Crippen LogP contribution in [0.5, 0.6) is 0 Å². The highest BCUT2D eigenvalue weighted by atomic mass is 16.2. The van der Waals surface area contributed by atoms with Crippen LogP contribution in [0.15, 0.2) is 0 Å². The average molecular weight is 280 g/mol. The zero-order valence-corrected chi connectivity index (χ0v) is 13.0. The Bertz CT molecular complexity index is 369. The van der Waals surface area contributed by atoms with Gasteiger partial charge in [0.25, 0.3) is 0 Å². The first kappa shape index (κ1) is 15.3. The van der Waals surface area contributed by atoms with Gasteiger partial charge in [-0.3, -0.25) is 9.59 Å². The lowest BCUT2D eigenvalue weighted by atomic mass is 9.95. The van der Waals surface area contributed by atoms with E-state index in [2.05, 4.69) is 19.2 Å². The van der Waals surface area contributed by atoms with E-state index in [0.29, 0.717) is 24.8 Å². The molecule has 2 fully saturated rings. The summed E-state index contributed by atoms with van der Waals surface area (Å²) in [7, 11) is 0. The highest BCUT2D eigenvalue weighted by molar-refractivity contribution is 5.90. The number of carbonyl (C=O) groups is 2. The van der Waals surface area contributed by atoms with Crippen LogP contribution in [0.25, 0.3) is 0 Å². The molecule has 0 aromatic carbocycles. The van der Waals surface area contributed by atoms with E-state index in [4.69, 9.17) is 0 Å². The first-order chi connectivity index (χ1) is 9.52. The summed E-state index contributed by atoms with van der Waals surface area (Å²) in [6.07, 6.45) is 5.13. The van der Waals surface area contributed by atoms with Crippen LogP contribution in [0.2, 0.25) is 0 Å². The van der Waals surface area contributed by atoms with Crippen LogP contribution < -0.4 is 5.32 Å². The molecule has 4 nitrogen and oxygen atoms in total. The summed E-state index contributed by atoms with van der Waals surface area (Å²) in [5, 5.41) is 2.92. The number of carbonyl (C=O) groups excluding carboxylic acids is 2. The van der Waals surface area contributed by atoms with Crippen LogP contribution >= 0.6 is 0 Å². The molecule has 20 heavy (non-hydrogen) atoms. The molecule has 2 rings (SSSR count). The Morgan fingerprint density at radius 2 is 2.10 bits per heavy atom. The second-order valence-electron chi connectivity index (χ2n) is 6.63. The van der Waals surface area contributed by atoms with Crippen molar-refractivity contribution >= 4 is 11.8 Å². The Morgan fingerprint density at radius 1 is 1.35 bits per heavy atom. The van der Waals surface area contributed by atoms with E-state index < -0.39 is 0 Å². The van der Waals surface area contributed by atoms with Gasteiger partial charge in [0.2, 0.25) is 11.8 Å². The Morgan fingerprint density at radius 3 is 2.70 bits per heavy atom. The standard InChI is InChI=1S/C16H28N2O2/c1-4-11(2)15-16(20)18(9-8-14(19)17-15)10-13-7-5-6-12(13)3/h11-13,15H,4-10H2,1-3H3,(H,17,19). The number of hydrogen-bond acceptors (Lipinski definition) is 2. The quantitative estimate of drug-likeness (QED) is 0.858. The van der Waals surface area contributed by atoms with E-state index >= 15 is 0 Å². The molecule has 1 aliphatic heterocycles. The summed E-state index contributed by atoms with van der Waals surface area (Å²) >= 11 is 0. The third-order valence-corrected chi connectivity index (χ3v) is 5.21. The Balaban J connectivity index is 2.06. The molecule has 2 amide bonds. The maximum Gasteiger partial charge on any atom is 0.245 e. The fourth-order valence-electron chi connectivity index (χ4n) is 3.43. The minimum atomic E-state index is -0.327. The molecule has 4 atom stereocenters. The van der Waals surface area contributed by atoms with Crippen molar-refractivity contribution in [1.29, 1.82) is 0 Å². The normalized spacial score (nSPS) is 33.0. The first-order valence-electron chi connectivity index (χ1n) is 8.11. The molecule has 0 aromatic heterocycles. The van der Waals surface area contributed by atoms with E-state index in [1.165, 1.54) is 19.3 Å². The van der Waals surface area contributed by atoms with Crippen LogP contribution in [-0.4, -0.2) is 35.8 Å². The third kappa shape index (κ3) is 3.33. The molecule has 1 saturated carbocycles. The lowest BCUT2D eigenvalue weighted by Gasteiger charge is -2.30. The maximum absolute atomic E-state index is 12.7. The predicted molar refractivity (Wildman–Crippen MR) is 79.1 cm³/mol. The molecule has 114 valence electrons. The molecule has 2 aliphatic rings. The van der Waals surface area contributed by atoms with E-state index in [-0.39, 0.29) is 23.8 Å². The summed E-state index contributed by atoms with van der Waals surface area (Å²) in [5.41, 5.74) is 0. The van der Waals surface area contributed by atoms with Gasteiger partial charge in [-0.05, 0) is 24.2 Å². The van der Waals surface area contributed by atoms with Crippen LogP contribution in [0.4, 0.5) is 0 Å². The first-order valence-corrected chi connectivity index (χ1v) is 8.11. The van der Waals surface area contributed by atoms with Gasteiger partial charge < -0.3 is 10.2 Å². The highest BCUT2D eigenvalue weighted by Gasteiger charge is 2.35. The fraction of sp³-hybridized carbons (Fsp3) is 0.875. The van der Waals surface area contributed by atoms with Gasteiger partial charge in [0.05, 0.1) is 0 Å². The van der Waals surface area contributed by atoms with Crippen molar-refractivity contribution in [2.24, 2.45) is 17.8 Å². The second-order valence-corrected chi connectivity index (χ2v) is 6.63. The second kappa shape index (κ2) is 6.59. The zero-order valence-electron chi connectivity index (χ0n) is 13.0. The number of nitrogens with zero attached hydrogens (tertiary/aromatic N) is 1. The van der Waals surface area contributed by atoms with Gasteiger partial charge in [0, 0.05) is 19.5 Å². The lowest BCUT2D eigenvalue weighted by Crippen LogP contribution is -2.49. The van der Waals surface area contributed by atoms with Gasteiger partial charge >= 0.3 is 0 Å². The molecule has 4 unspecified atom stereocenters. The summed E-state index contributed by atoms with van der Waals surface area (Å²) in [6.45, 7) is 7.82. The van der Waals surface area contributed by atoms with Gasteiger partial charge in [0.15, 0.2) is 0 Å². The number of nitrogens with one attached hydrogen (secondary N) is 1. The Labute approximate surface area is 122 Å². The fourth-order valence-corrected chi connectivity index (χ4v) is 3.43. The molecular weight excluding hydrogens is 252 g/mol. The van der Waals surface area contributed by atoms with Crippen molar-refractivity contribution in [3.05, 3.63) is 0 Å². The predicted octanol–water partition coefficient (Wildman–Crippen LogP) is 2.19. The number of hydrogen-bond donors (Lipinski definition) is 1. The van der Waals surface area contributed by atoms with E-state index in [1.54, 1.807) is 0 Å². The maximum atomic E-state index is 12.7. The van der Waals surface area contributed by atoms with Crippen molar-refractivity contribution in [1.82, 2.24) is 10.2 Å². The monoisotopic (exact) mass is 280 g/mol. The van der Waals surface area contributed by atoms with Gasteiger partial charge in [-0.25, -0.2) is 0 Å². The van der Waals surface area contributed by atoms with Crippen LogP contribution in [0, 0.1) is 17.8 Å².